The number of rotatable bonds is 6. The number of anilines is 1. The predicted molar refractivity (Wildman–Crippen MR) is 83.6 cm³/mol. The number of hydrogen-bond acceptors (Lipinski definition) is 5. The van der Waals surface area contributed by atoms with Crippen molar-refractivity contribution in [2.45, 2.75) is 13.8 Å². The summed E-state index contributed by atoms with van der Waals surface area (Å²) in [4.78, 5) is 20.0. The molecule has 7 nitrogen and oxygen atoms in total. The van der Waals surface area contributed by atoms with Crippen molar-refractivity contribution in [1.82, 2.24) is 14.9 Å². The highest BCUT2D eigenvalue weighted by Crippen LogP contribution is 2.22. The number of nitro groups is 1. The van der Waals surface area contributed by atoms with Gasteiger partial charge in [-0.3, -0.25) is 10.1 Å². The first-order valence-electron chi connectivity index (χ1n) is 6.80. The Kier molecular flexibility index (Phi) is 4.13. The number of nitrogens with zero attached hydrogens (tertiary/aromatic N) is 3. The first-order valence-corrected chi connectivity index (χ1v) is 6.80. The number of benzene rings is 1. The van der Waals surface area contributed by atoms with Crippen molar-refractivity contribution in [2.75, 3.05) is 32.5 Å². The van der Waals surface area contributed by atoms with Gasteiger partial charge in [0.1, 0.15) is 0 Å². The third-order valence-corrected chi connectivity index (χ3v) is 3.15. The highest BCUT2D eigenvalue weighted by Gasteiger charge is 2.19. The summed E-state index contributed by atoms with van der Waals surface area (Å²) in [5.74, 6) is 0.636. The van der Waals surface area contributed by atoms with E-state index in [1.165, 1.54) is 12.1 Å². The maximum absolute atomic E-state index is 10.8. The van der Waals surface area contributed by atoms with Gasteiger partial charge in [0.2, 0.25) is 5.95 Å². The molecule has 2 N–H and O–H groups in total. The van der Waals surface area contributed by atoms with Crippen LogP contribution in [0, 0.1) is 15.5 Å². The van der Waals surface area contributed by atoms with Crippen LogP contribution in [0.5, 0.6) is 0 Å². The van der Waals surface area contributed by atoms with Gasteiger partial charge in [0.25, 0.3) is 5.69 Å². The number of aromatic amines is 1. The van der Waals surface area contributed by atoms with Crippen LogP contribution in [-0.2, 0) is 0 Å². The van der Waals surface area contributed by atoms with Crippen LogP contribution >= 0.6 is 0 Å². The molecular weight excluding hydrogens is 270 g/mol. The van der Waals surface area contributed by atoms with Gasteiger partial charge in [0.15, 0.2) is 0 Å². The van der Waals surface area contributed by atoms with Gasteiger partial charge < -0.3 is 15.2 Å². The molecule has 21 heavy (non-hydrogen) atoms. The molecule has 0 spiro atoms. The molecule has 0 unspecified atom stereocenters. The van der Waals surface area contributed by atoms with Crippen LogP contribution in [-0.4, -0.2) is 47.0 Å². The summed E-state index contributed by atoms with van der Waals surface area (Å²) < 4.78 is 0. The van der Waals surface area contributed by atoms with E-state index < -0.39 is 4.92 Å². The van der Waals surface area contributed by atoms with E-state index in [0.29, 0.717) is 17.0 Å². The van der Waals surface area contributed by atoms with Crippen molar-refractivity contribution in [1.29, 1.82) is 0 Å². The largest absolute Gasteiger partial charge is 0.355 e. The number of nitrogens with one attached hydrogen (secondary N) is 2. The first-order chi connectivity index (χ1) is 9.77. The molecule has 1 aromatic heterocycles. The van der Waals surface area contributed by atoms with Gasteiger partial charge in [-0.15, -0.1) is 0 Å². The van der Waals surface area contributed by atoms with Crippen molar-refractivity contribution >= 4 is 22.7 Å². The predicted octanol–water partition coefficient (Wildman–Crippen LogP) is 2.47. The minimum Gasteiger partial charge on any atom is -0.355 e. The lowest BCUT2D eigenvalue weighted by Crippen LogP contribution is -2.34. The van der Waals surface area contributed by atoms with Crippen LogP contribution in [0.1, 0.15) is 13.8 Å². The number of imidazole rings is 1. The SMILES string of the molecule is CN(C)CC(C)(C)CNc1nc2ccc([N+](=O)[O-])cc2[nH]1. The summed E-state index contributed by atoms with van der Waals surface area (Å²) >= 11 is 0. The number of hydrogen-bond donors (Lipinski definition) is 2. The fourth-order valence-electron chi connectivity index (χ4n) is 2.43. The van der Waals surface area contributed by atoms with Gasteiger partial charge in [-0.25, -0.2) is 4.98 Å². The molecule has 0 saturated heterocycles. The second-order valence-electron chi connectivity index (χ2n) is 6.30. The fraction of sp³-hybridized carbons (Fsp3) is 0.500. The Balaban J connectivity index is 2.11. The zero-order valence-corrected chi connectivity index (χ0v) is 12.8. The topological polar surface area (TPSA) is 87.1 Å². The van der Waals surface area contributed by atoms with Crippen LogP contribution in [0.4, 0.5) is 11.6 Å². The van der Waals surface area contributed by atoms with Crippen LogP contribution in [0.3, 0.4) is 0 Å². The van der Waals surface area contributed by atoms with Gasteiger partial charge >= 0.3 is 0 Å². The van der Waals surface area contributed by atoms with E-state index in [2.05, 4.69) is 34.0 Å². The molecule has 7 heteroatoms. The van der Waals surface area contributed by atoms with Crippen molar-refractivity contribution in [2.24, 2.45) is 5.41 Å². The van der Waals surface area contributed by atoms with Crippen molar-refractivity contribution in [3.8, 4) is 0 Å². The van der Waals surface area contributed by atoms with Crippen molar-refractivity contribution < 1.29 is 4.92 Å². The Morgan fingerprint density at radius 1 is 1.43 bits per heavy atom. The summed E-state index contributed by atoms with van der Waals surface area (Å²) in [6.07, 6.45) is 0. The average molecular weight is 291 g/mol. The zero-order chi connectivity index (χ0) is 15.6. The second kappa shape index (κ2) is 5.69. The van der Waals surface area contributed by atoms with Crippen molar-refractivity contribution in [3.63, 3.8) is 0 Å². The Labute approximate surface area is 123 Å². The summed E-state index contributed by atoms with van der Waals surface area (Å²) in [5, 5.41) is 14.0. The third kappa shape index (κ3) is 3.91. The van der Waals surface area contributed by atoms with E-state index in [-0.39, 0.29) is 11.1 Å². The lowest BCUT2D eigenvalue weighted by molar-refractivity contribution is -0.384. The van der Waals surface area contributed by atoms with Gasteiger partial charge in [-0.05, 0) is 25.6 Å². The Morgan fingerprint density at radius 3 is 2.76 bits per heavy atom. The Morgan fingerprint density at radius 2 is 2.14 bits per heavy atom. The van der Waals surface area contributed by atoms with E-state index in [1.54, 1.807) is 6.07 Å². The van der Waals surface area contributed by atoms with E-state index in [1.807, 2.05) is 14.1 Å². The van der Waals surface area contributed by atoms with E-state index >= 15 is 0 Å². The minimum absolute atomic E-state index is 0.0608. The molecule has 0 fully saturated rings. The molecule has 2 aromatic rings. The van der Waals surface area contributed by atoms with Gasteiger partial charge in [-0.2, -0.15) is 0 Å². The van der Waals surface area contributed by atoms with Gasteiger partial charge in [-0.1, -0.05) is 13.8 Å². The smallest absolute Gasteiger partial charge is 0.271 e. The summed E-state index contributed by atoms with van der Waals surface area (Å²) in [5.41, 5.74) is 1.53. The molecule has 0 bridgehead atoms. The van der Waals surface area contributed by atoms with Crippen LogP contribution in [0.25, 0.3) is 11.0 Å². The van der Waals surface area contributed by atoms with Crippen molar-refractivity contribution in [3.05, 3.63) is 28.3 Å². The Bertz CT molecular complexity index is 648. The summed E-state index contributed by atoms with van der Waals surface area (Å²) in [6, 6.07) is 4.61. The number of non-ortho nitro benzene ring substituents is 1. The lowest BCUT2D eigenvalue weighted by Gasteiger charge is -2.28. The average Bonchev–Trinajstić information content (AvgIpc) is 2.76. The van der Waals surface area contributed by atoms with Crippen LogP contribution in [0.15, 0.2) is 18.2 Å². The normalized spacial score (nSPS) is 12.0. The number of nitro benzene ring substituents is 1. The van der Waals surface area contributed by atoms with Gasteiger partial charge in [0, 0.05) is 25.2 Å². The number of fused-ring (bicyclic) bond motifs is 1. The number of aromatic nitrogens is 2. The van der Waals surface area contributed by atoms with E-state index in [9.17, 15) is 10.1 Å². The number of H-pyrrole nitrogens is 1. The molecule has 0 aliphatic heterocycles. The molecule has 0 aliphatic rings. The highest BCUT2D eigenvalue weighted by atomic mass is 16.6. The molecule has 1 heterocycles. The summed E-state index contributed by atoms with van der Waals surface area (Å²) in [7, 11) is 4.09. The third-order valence-electron chi connectivity index (χ3n) is 3.15. The summed E-state index contributed by atoms with van der Waals surface area (Å²) in [6.45, 7) is 6.06. The molecule has 2 rings (SSSR count). The molecule has 1 aromatic carbocycles. The quantitative estimate of drug-likeness (QED) is 0.630. The molecule has 0 aliphatic carbocycles. The maximum atomic E-state index is 10.8. The van der Waals surface area contributed by atoms with Gasteiger partial charge in [0.05, 0.1) is 16.0 Å². The first kappa shape index (κ1) is 15.2. The molecule has 0 atom stereocenters. The molecule has 0 amide bonds. The van der Waals surface area contributed by atoms with E-state index in [4.69, 9.17) is 0 Å². The zero-order valence-electron chi connectivity index (χ0n) is 12.8. The second-order valence-corrected chi connectivity index (χ2v) is 6.30. The lowest BCUT2D eigenvalue weighted by atomic mass is 9.93. The standard InChI is InChI=1S/C14H21N5O2/c1-14(2,9-18(3)4)8-15-13-16-11-6-5-10(19(20)21)7-12(11)17-13/h5-7H,8-9H2,1-4H3,(H2,15,16,17). The van der Waals surface area contributed by atoms with E-state index in [0.717, 1.165) is 13.1 Å². The molecule has 0 radical (unpaired) electrons. The Hall–Kier alpha value is -2.15. The minimum atomic E-state index is -0.409. The molecular formula is C14H21N5O2. The molecule has 0 saturated carbocycles. The monoisotopic (exact) mass is 291 g/mol. The van der Waals surface area contributed by atoms with Crippen LogP contribution in [0.2, 0.25) is 0 Å². The highest BCUT2D eigenvalue weighted by molar-refractivity contribution is 5.79. The fourth-order valence-corrected chi connectivity index (χ4v) is 2.43. The van der Waals surface area contributed by atoms with Crippen LogP contribution < -0.4 is 5.32 Å². The maximum Gasteiger partial charge on any atom is 0.271 e. The molecule has 114 valence electrons.